The molecule has 2 N–H and O–H groups in total. The maximum Gasteiger partial charge on any atom is 0.303 e. The number of aliphatic carboxylic acids is 1. The average molecular weight is 767 g/mol. The van der Waals surface area contributed by atoms with Crippen LogP contribution in [0.5, 0.6) is 0 Å². The minimum atomic E-state index is -0.831. The number of carboxylic acid groups (broad SMARTS) is 1. The van der Waals surface area contributed by atoms with E-state index in [0.29, 0.717) is 40.8 Å². The molecule has 52 heavy (non-hydrogen) atoms. The van der Waals surface area contributed by atoms with E-state index < -0.39 is 5.97 Å². The number of rotatable bonds is 13. The second-order valence-electron chi connectivity index (χ2n) is 15.1. The van der Waals surface area contributed by atoms with Crippen molar-refractivity contribution in [3.63, 3.8) is 0 Å². The number of carbonyl (C=O) groups is 3. The highest BCUT2D eigenvalue weighted by Gasteiger charge is 2.49. The zero-order valence-electron chi connectivity index (χ0n) is 34.7. The van der Waals surface area contributed by atoms with Crippen LogP contribution < -0.4 is 5.32 Å². The number of hydrogen-bond acceptors (Lipinski definition) is 4. The molecule has 9 heteroatoms. The fraction of sp³-hybridized carbons (Fsp3) is 0.628. The van der Waals surface area contributed by atoms with Crippen molar-refractivity contribution in [2.75, 3.05) is 6.54 Å². The predicted molar refractivity (Wildman–Crippen MR) is 227 cm³/mol. The van der Waals surface area contributed by atoms with Crippen molar-refractivity contribution in [1.29, 1.82) is 0 Å². The molecule has 0 aromatic heterocycles. The van der Waals surface area contributed by atoms with Crippen molar-refractivity contribution in [3.8, 4) is 0 Å². The third kappa shape index (κ3) is 24.4. The molecule has 1 aliphatic carbocycles. The quantitative estimate of drug-likeness (QED) is 0.0844. The lowest BCUT2D eigenvalue weighted by atomic mass is 9.69. The number of amides is 2. The van der Waals surface area contributed by atoms with Crippen molar-refractivity contribution in [2.24, 2.45) is 21.7 Å². The number of aliphatic imine (C=N–C) groups is 1. The summed E-state index contributed by atoms with van der Waals surface area (Å²) in [6, 6.07) is 0.0966. The third-order valence-corrected chi connectivity index (χ3v) is 8.68. The second kappa shape index (κ2) is 28.6. The molecule has 2 amide bonds. The van der Waals surface area contributed by atoms with Crippen LogP contribution in [-0.2, 0) is 14.4 Å². The van der Waals surface area contributed by atoms with Gasteiger partial charge in [-0.25, -0.2) is 0 Å². The van der Waals surface area contributed by atoms with E-state index in [1.165, 1.54) is 5.57 Å². The molecule has 1 saturated carbocycles. The van der Waals surface area contributed by atoms with Gasteiger partial charge in [0.2, 0.25) is 6.41 Å². The Labute approximate surface area is 328 Å². The zero-order chi connectivity index (χ0) is 41.1. The molecule has 0 bridgehead atoms. The number of nitrogens with zero attached hydrogens (tertiary/aromatic N) is 2. The molecule has 1 unspecified atom stereocenters. The van der Waals surface area contributed by atoms with Gasteiger partial charge in [-0.15, -0.1) is 6.58 Å². The van der Waals surface area contributed by atoms with Crippen molar-refractivity contribution in [1.82, 2.24) is 10.2 Å². The zero-order valence-corrected chi connectivity index (χ0v) is 36.2. The van der Waals surface area contributed by atoms with Crippen LogP contribution >= 0.6 is 23.2 Å². The van der Waals surface area contributed by atoms with Gasteiger partial charge in [0, 0.05) is 23.0 Å². The Morgan fingerprint density at radius 2 is 1.65 bits per heavy atom. The Morgan fingerprint density at radius 1 is 1.12 bits per heavy atom. The maximum absolute atomic E-state index is 13.2. The van der Waals surface area contributed by atoms with Crippen LogP contribution in [0, 0.1) is 16.7 Å². The molecule has 1 fully saturated rings. The second-order valence-corrected chi connectivity index (χ2v) is 16.2. The largest absolute Gasteiger partial charge is 0.481 e. The first-order chi connectivity index (χ1) is 24.1. The molecule has 7 nitrogen and oxygen atoms in total. The van der Waals surface area contributed by atoms with Gasteiger partial charge in [-0.3, -0.25) is 19.4 Å². The molecule has 0 aromatic rings. The fourth-order valence-electron chi connectivity index (χ4n) is 5.70. The van der Waals surface area contributed by atoms with Crippen molar-refractivity contribution >= 4 is 47.7 Å². The number of carboxylic acids is 1. The van der Waals surface area contributed by atoms with E-state index in [-0.39, 0.29) is 29.4 Å². The highest BCUT2D eigenvalue weighted by Crippen LogP contribution is 2.47. The first-order valence-electron chi connectivity index (χ1n) is 18.7. The minimum absolute atomic E-state index is 0.0943. The standard InChI is InChI=1S/C28H46N2O.C5H6Cl2.C5H9NO3.C3H6.C2H6/c1-10-21(3)12-13-22(11-2)24(16-17-26(4,5)6)30-25(31)20-29-28(30)18-14-23(15-19-28)27(7,8)9;1-4(6)3-5(2)7;7-4-6-3-1-2-5(8)9;1-3-2;1-2/h10,12-13,20,23-24H,1,11,14-19H2,2-9H3;3H,1H2,2H3;4H,1-3H2,(H,6,7)(H,8,9);3H,1H2,2H3;1-2H3/b21-12-,22-13+;5-3+;;;. The van der Waals surface area contributed by atoms with Crippen LogP contribution in [0.2, 0.25) is 0 Å². The average Bonchev–Trinajstić information content (AvgIpc) is 3.35. The van der Waals surface area contributed by atoms with Crippen LogP contribution in [0.4, 0.5) is 0 Å². The lowest BCUT2D eigenvalue weighted by molar-refractivity contribution is -0.137. The van der Waals surface area contributed by atoms with Gasteiger partial charge in [0.25, 0.3) is 5.91 Å². The summed E-state index contributed by atoms with van der Waals surface area (Å²) in [4.78, 5) is 39.7. The normalized spacial score (nSPS) is 19.3. The molecule has 0 radical (unpaired) electrons. The molecule has 1 heterocycles. The molecular formula is C43H73Cl2N3O4. The highest BCUT2D eigenvalue weighted by atomic mass is 35.5. The Morgan fingerprint density at radius 3 is 2.02 bits per heavy atom. The van der Waals surface area contributed by atoms with Crippen molar-refractivity contribution in [2.45, 2.75) is 153 Å². The van der Waals surface area contributed by atoms with Crippen LogP contribution in [0.15, 0.2) is 76.3 Å². The molecule has 0 saturated heterocycles. The molecule has 1 atom stereocenters. The van der Waals surface area contributed by atoms with E-state index in [9.17, 15) is 14.4 Å². The van der Waals surface area contributed by atoms with Crippen LogP contribution in [0.25, 0.3) is 0 Å². The molecule has 1 aliphatic heterocycles. The van der Waals surface area contributed by atoms with Crippen LogP contribution in [0.3, 0.4) is 0 Å². The van der Waals surface area contributed by atoms with Gasteiger partial charge in [0.05, 0.1) is 12.3 Å². The van der Waals surface area contributed by atoms with Crippen LogP contribution in [-0.4, -0.2) is 52.8 Å². The minimum Gasteiger partial charge on any atom is -0.481 e. The fourth-order valence-corrected chi connectivity index (χ4v) is 6.05. The summed E-state index contributed by atoms with van der Waals surface area (Å²) < 4.78 is 0. The van der Waals surface area contributed by atoms with Gasteiger partial charge in [0.15, 0.2) is 0 Å². The van der Waals surface area contributed by atoms with Gasteiger partial charge in [-0.05, 0) is 101 Å². The van der Waals surface area contributed by atoms with E-state index >= 15 is 0 Å². The predicted octanol–water partition coefficient (Wildman–Crippen LogP) is 12.2. The third-order valence-electron chi connectivity index (χ3n) is 8.46. The first kappa shape index (κ1) is 53.5. The van der Waals surface area contributed by atoms with Crippen molar-refractivity contribution < 1.29 is 19.5 Å². The summed E-state index contributed by atoms with van der Waals surface area (Å²) >= 11 is 10.7. The summed E-state index contributed by atoms with van der Waals surface area (Å²) in [7, 11) is 0. The summed E-state index contributed by atoms with van der Waals surface area (Å²) in [5.74, 6) is -0.0437. The number of hydrogen-bond donors (Lipinski definition) is 2. The van der Waals surface area contributed by atoms with Crippen LogP contribution in [0.1, 0.15) is 141 Å². The smallest absolute Gasteiger partial charge is 0.303 e. The number of nitrogens with one attached hydrogen (secondary N) is 1. The summed E-state index contributed by atoms with van der Waals surface area (Å²) in [6.45, 7) is 36.9. The van der Waals surface area contributed by atoms with E-state index in [4.69, 9.17) is 33.3 Å². The van der Waals surface area contributed by atoms with Gasteiger partial charge in [0.1, 0.15) is 5.66 Å². The summed E-state index contributed by atoms with van der Waals surface area (Å²) in [5, 5.41) is 11.6. The van der Waals surface area contributed by atoms with E-state index in [1.54, 1.807) is 25.3 Å². The number of halogens is 2. The number of allylic oxidation sites excluding steroid dienone is 8. The summed E-state index contributed by atoms with van der Waals surface area (Å²) in [6.07, 6.45) is 19.6. The topological polar surface area (TPSA) is 99.1 Å². The van der Waals surface area contributed by atoms with Gasteiger partial charge in [-0.2, -0.15) is 0 Å². The Balaban J connectivity index is -0.000000933. The molecule has 2 rings (SSSR count). The van der Waals surface area contributed by atoms with E-state index in [1.807, 2.05) is 26.8 Å². The highest BCUT2D eigenvalue weighted by molar-refractivity contribution is 6.34. The van der Waals surface area contributed by atoms with Crippen molar-refractivity contribution in [3.05, 3.63) is 71.3 Å². The summed E-state index contributed by atoms with van der Waals surface area (Å²) in [5.41, 5.74) is 2.65. The lowest BCUT2D eigenvalue weighted by Crippen LogP contribution is -2.54. The Kier molecular flexibility index (Phi) is 29.4. The van der Waals surface area contributed by atoms with E-state index in [2.05, 4.69) is 97.5 Å². The Hall–Kier alpha value is -2.90. The van der Waals surface area contributed by atoms with E-state index in [0.717, 1.165) is 50.5 Å². The number of carbonyl (C=O) groups excluding carboxylic acids is 2. The molecule has 2 aliphatic rings. The van der Waals surface area contributed by atoms with Gasteiger partial charge < -0.3 is 15.3 Å². The molecular weight excluding hydrogens is 693 g/mol. The first-order valence-corrected chi connectivity index (χ1v) is 19.4. The Bertz CT molecular complexity index is 1210. The van der Waals surface area contributed by atoms with Gasteiger partial charge in [-0.1, -0.05) is 129 Å². The lowest BCUT2D eigenvalue weighted by Gasteiger charge is -2.48. The SMILES string of the molecule is C=C(Cl)/C=C(\C)Cl.C=C/C(C)=C\C=C(/CC)C(CCC(C)(C)C)N1C(=O)C=NC12CCC(C(C)(C)C)CC2.C=CC.CC.O=CNCCCC(=O)O. The monoisotopic (exact) mass is 765 g/mol. The maximum atomic E-state index is 13.2. The molecule has 0 aromatic carbocycles. The molecule has 1 spiro atoms. The van der Waals surface area contributed by atoms with Gasteiger partial charge >= 0.3 is 5.97 Å². The molecule has 298 valence electrons.